The lowest BCUT2D eigenvalue weighted by molar-refractivity contribution is 0.857. The van der Waals surface area contributed by atoms with Gasteiger partial charge in [-0.3, -0.25) is 4.79 Å². The molecule has 0 atom stereocenters. The fourth-order valence-corrected chi connectivity index (χ4v) is 1.03. The van der Waals surface area contributed by atoms with Crippen molar-refractivity contribution < 1.29 is 0 Å². The molecular formula is C6H7BrN2O. The summed E-state index contributed by atoms with van der Waals surface area (Å²) in [5, 5.41) is 0. The van der Waals surface area contributed by atoms with Gasteiger partial charge in [0.1, 0.15) is 0 Å². The highest BCUT2D eigenvalue weighted by Crippen LogP contribution is 2.14. The summed E-state index contributed by atoms with van der Waals surface area (Å²) in [5.74, 6) is 0. The summed E-state index contributed by atoms with van der Waals surface area (Å²) in [6.07, 6.45) is 1.64. The molecular weight excluding hydrogens is 196 g/mol. The predicted octanol–water partition coefficient (Wildman–Crippen LogP) is 0.730. The highest BCUT2D eigenvalue weighted by atomic mass is 79.9. The van der Waals surface area contributed by atoms with E-state index in [1.807, 2.05) is 0 Å². The number of hydrogen-bond acceptors (Lipinski definition) is 2. The molecule has 3 nitrogen and oxygen atoms in total. The minimum Gasteiger partial charge on any atom is -0.398 e. The van der Waals surface area contributed by atoms with E-state index in [4.69, 9.17) is 5.73 Å². The van der Waals surface area contributed by atoms with Gasteiger partial charge in [0.15, 0.2) is 0 Å². The van der Waals surface area contributed by atoms with Gasteiger partial charge < -0.3 is 10.3 Å². The molecule has 10 heavy (non-hydrogen) atoms. The molecule has 1 rings (SSSR count). The highest BCUT2D eigenvalue weighted by Gasteiger charge is 1.96. The first-order valence-electron chi connectivity index (χ1n) is 2.73. The maximum atomic E-state index is 10.9. The van der Waals surface area contributed by atoms with Crippen LogP contribution in [0.3, 0.4) is 0 Å². The second-order valence-electron chi connectivity index (χ2n) is 2.03. The number of nitrogens with two attached hydrogens (primary N) is 1. The standard InChI is InChI=1S/C6H7BrN2O/c1-9-3-4(7)5(8)2-6(9)10/h2-3H,8H2,1H3. The Kier molecular flexibility index (Phi) is 1.80. The molecule has 0 aliphatic heterocycles. The Hall–Kier alpha value is -0.770. The zero-order valence-corrected chi connectivity index (χ0v) is 7.05. The van der Waals surface area contributed by atoms with Crippen molar-refractivity contribution in [2.24, 2.45) is 7.05 Å². The molecule has 0 radical (unpaired) electrons. The Labute approximate surface area is 66.6 Å². The molecule has 0 bridgehead atoms. The Balaban J connectivity index is 3.43. The number of nitrogens with zero attached hydrogens (tertiary/aromatic N) is 1. The summed E-state index contributed by atoms with van der Waals surface area (Å²) >= 11 is 3.20. The fraction of sp³-hybridized carbons (Fsp3) is 0.167. The van der Waals surface area contributed by atoms with Gasteiger partial charge in [-0.25, -0.2) is 0 Å². The van der Waals surface area contributed by atoms with Gasteiger partial charge in [0.05, 0.1) is 10.2 Å². The van der Waals surface area contributed by atoms with Crippen LogP contribution in [0.5, 0.6) is 0 Å². The number of pyridine rings is 1. The van der Waals surface area contributed by atoms with Crippen molar-refractivity contribution in [2.75, 3.05) is 5.73 Å². The second kappa shape index (κ2) is 2.46. The Morgan fingerprint density at radius 3 is 2.80 bits per heavy atom. The van der Waals surface area contributed by atoms with Crippen LogP contribution in [-0.2, 0) is 7.05 Å². The van der Waals surface area contributed by atoms with Gasteiger partial charge in [-0.1, -0.05) is 0 Å². The first kappa shape index (κ1) is 7.34. The van der Waals surface area contributed by atoms with Gasteiger partial charge in [0.25, 0.3) is 5.56 Å². The summed E-state index contributed by atoms with van der Waals surface area (Å²) in [6.45, 7) is 0. The molecule has 0 fully saturated rings. The van der Waals surface area contributed by atoms with Crippen LogP contribution < -0.4 is 11.3 Å². The molecule has 0 saturated heterocycles. The molecule has 4 heteroatoms. The van der Waals surface area contributed by atoms with E-state index in [1.54, 1.807) is 13.2 Å². The normalized spacial score (nSPS) is 9.80. The Bertz CT molecular complexity index is 305. The van der Waals surface area contributed by atoms with Crippen LogP contribution in [0.25, 0.3) is 0 Å². The van der Waals surface area contributed by atoms with E-state index >= 15 is 0 Å². The first-order valence-corrected chi connectivity index (χ1v) is 3.52. The van der Waals surface area contributed by atoms with Crippen molar-refractivity contribution in [3.8, 4) is 0 Å². The molecule has 1 heterocycles. The number of aryl methyl sites for hydroxylation is 1. The van der Waals surface area contributed by atoms with Gasteiger partial charge in [-0.05, 0) is 15.9 Å². The third-order valence-electron chi connectivity index (χ3n) is 1.21. The number of rotatable bonds is 0. The van der Waals surface area contributed by atoms with Crippen molar-refractivity contribution in [2.45, 2.75) is 0 Å². The minimum absolute atomic E-state index is 0.0966. The van der Waals surface area contributed by atoms with E-state index in [0.29, 0.717) is 5.69 Å². The number of aromatic nitrogens is 1. The molecule has 0 amide bonds. The van der Waals surface area contributed by atoms with Crippen LogP contribution in [0.2, 0.25) is 0 Å². The molecule has 0 aliphatic rings. The molecule has 0 aliphatic carbocycles. The van der Waals surface area contributed by atoms with Crippen LogP contribution >= 0.6 is 15.9 Å². The Morgan fingerprint density at radius 1 is 1.70 bits per heavy atom. The predicted molar refractivity (Wildman–Crippen MR) is 43.8 cm³/mol. The zero-order chi connectivity index (χ0) is 7.72. The monoisotopic (exact) mass is 202 g/mol. The fourth-order valence-electron chi connectivity index (χ4n) is 0.612. The summed E-state index contributed by atoms with van der Waals surface area (Å²) in [6, 6.07) is 1.38. The number of nitrogen functional groups attached to an aromatic ring is 1. The first-order chi connectivity index (χ1) is 4.61. The van der Waals surface area contributed by atoms with Crippen LogP contribution in [-0.4, -0.2) is 4.57 Å². The quantitative estimate of drug-likeness (QED) is 0.675. The maximum Gasteiger partial charge on any atom is 0.252 e. The number of halogens is 1. The maximum absolute atomic E-state index is 10.9. The van der Waals surface area contributed by atoms with E-state index in [2.05, 4.69) is 15.9 Å². The smallest absolute Gasteiger partial charge is 0.252 e. The van der Waals surface area contributed by atoms with Gasteiger partial charge in [0, 0.05) is 19.3 Å². The molecule has 0 aromatic carbocycles. The highest BCUT2D eigenvalue weighted by molar-refractivity contribution is 9.10. The van der Waals surface area contributed by atoms with Crippen LogP contribution in [0.15, 0.2) is 21.5 Å². The Morgan fingerprint density at radius 2 is 2.30 bits per heavy atom. The molecule has 0 unspecified atom stereocenters. The van der Waals surface area contributed by atoms with Crippen molar-refractivity contribution in [1.82, 2.24) is 4.57 Å². The van der Waals surface area contributed by atoms with Crippen LogP contribution in [0.4, 0.5) is 5.69 Å². The second-order valence-corrected chi connectivity index (χ2v) is 2.88. The van der Waals surface area contributed by atoms with Gasteiger partial charge in [0.2, 0.25) is 0 Å². The summed E-state index contributed by atoms with van der Waals surface area (Å²) in [5.41, 5.74) is 5.81. The third kappa shape index (κ3) is 1.21. The van der Waals surface area contributed by atoms with Gasteiger partial charge in [-0.2, -0.15) is 0 Å². The van der Waals surface area contributed by atoms with E-state index in [-0.39, 0.29) is 5.56 Å². The third-order valence-corrected chi connectivity index (χ3v) is 1.87. The van der Waals surface area contributed by atoms with E-state index in [1.165, 1.54) is 10.6 Å². The summed E-state index contributed by atoms with van der Waals surface area (Å²) in [4.78, 5) is 10.9. The zero-order valence-electron chi connectivity index (χ0n) is 5.47. The number of hydrogen-bond donors (Lipinski definition) is 1. The average Bonchev–Trinajstić information content (AvgIpc) is 1.84. The van der Waals surface area contributed by atoms with Crippen molar-refractivity contribution >= 4 is 21.6 Å². The lowest BCUT2D eigenvalue weighted by Crippen LogP contribution is -2.15. The largest absolute Gasteiger partial charge is 0.398 e. The topological polar surface area (TPSA) is 48.0 Å². The molecule has 0 spiro atoms. The summed E-state index contributed by atoms with van der Waals surface area (Å²) < 4.78 is 2.20. The molecule has 1 aromatic rings. The molecule has 1 aromatic heterocycles. The van der Waals surface area contributed by atoms with Crippen molar-refractivity contribution in [3.63, 3.8) is 0 Å². The van der Waals surface area contributed by atoms with Gasteiger partial charge in [-0.15, -0.1) is 0 Å². The van der Waals surface area contributed by atoms with E-state index in [0.717, 1.165) is 4.47 Å². The van der Waals surface area contributed by atoms with Crippen molar-refractivity contribution in [1.29, 1.82) is 0 Å². The summed E-state index contributed by atoms with van der Waals surface area (Å²) in [7, 11) is 1.67. The van der Waals surface area contributed by atoms with E-state index < -0.39 is 0 Å². The van der Waals surface area contributed by atoms with Crippen LogP contribution in [0.1, 0.15) is 0 Å². The van der Waals surface area contributed by atoms with Crippen LogP contribution in [0, 0.1) is 0 Å². The lowest BCUT2D eigenvalue weighted by Gasteiger charge is -1.99. The molecule has 54 valence electrons. The SMILES string of the molecule is Cn1cc(Br)c(N)cc1=O. The van der Waals surface area contributed by atoms with E-state index in [9.17, 15) is 4.79 Å². The number of anilines is 1. The lowest BCUT2D eigenvalue weighted by atomic mass is 10.4. The molecule has 0 saturated carbocycles. The van der Waals surface area contributed by atoms with Gasteiger partial charge >= 0.3 is 0 Å². The average molecular weight is 203 g/mol. The molecule has 2 N–H and O–H groups in total. The van der Waals surface area contributed by atoms with Crippen molar-refractivity contribution in [3.05, 3.63) is 27.1 Å². The minimum atomic E-state index is -0.0966.